The molecule has 0 radical (unpaired) electrons. The molecule has 1 aromatic carbocycles. The lowest BCUT2D eigenvalue weighted by Crippen LogP contribution is -2.47. The Hall–Kier alpha value is -2.67. The van der Waals surface area contributed by atoms with Gasteiger partial charge in [0.25, 0.3) is 5.91 Å². The first kappa shape index (κ1) is 18.7. The average Bonchev–Trinajstić information content (AvgIpc) is 3.47. The Kier molecular flexibility index (Phi) is 5.43. The van der Waals surface area contributed by atoms with Crippen LogP contribution in [0.3, 0.4) is 0 Å². The summed E-state index contributed by atoms with van der Waals surface area (Å²) in [6.45, 7) is 2.58. The second-order valence-corrected chi connectivity index (χ2v) is 7.48. The minimum atomic E-state index is -0.463. The fourth-order valence-corrected chi connectivity index (χ4v) is 4.06. The molecule has 148 valence electrons. The lowest BCUT2D eigenvalue weighted by atomic mass is 10.1. The van der Waals surface area contributed by atoms with Crippen molar-refractivity contribution in [2.75, 3.05) is 26.7 Å². The van der Waals surface area contributed by atoms with Crippen molar-refractivity contribution < 1.29 is 14.3 Å². The van der Waals surface area contributed by atoms with Gasteiger partial charge in [0.05, 0.1) is 12.6 Å². The minimum absolute atomic E-state index is 0.0362. The topological polar surface area (TPSA) is 67.7 Å². The SMILES string of the molecule is CO[C@H]1C[C@@H](C(=O)N2CCCC2)N(C(=O)c2ccn(Cc3ccccc3)n2)C1. The van der Waals surface area contributed by atoms with Crippen LogP contribution in [0.1, 0.15) is 35.3 Å². The van der Waals surface area contributed by atoms with E-state index in [1.54, 1.807) is 29.0 Å². The Morgan fingerprint density at radius 3 is 2.61 bits per heavy atom. The normalized spacial score (nSPS) is 22.0. The van der Waals surface area contributed by atoms with Crippen molar-refractivity contribution in [2.45, 2.75) is 38.0 Å². The number of ether oxygens (including phenoxy) is 1. The smallest absolute Gasteiger partial charge is 0.275 e. The highest BCUT2D eigenvalue weighted by Crippen LogP contribution is 2.25. The van der Waals surface area contributed by atoms with Gasteiger partial charge in [-0.05, 0) is 24.5 Å². The van der Waals surface area contributed by atoms with Crippen molar-refractivity contribution in [1.82, 2.24) is 19.6 Å². The summed E-state index contributed by atoms with van der Waals surface area (Å²) < 4.78 is 7.22. The average molecular weight is 382 g/mol. The van der Waals surface area contributed by atoms with Gasteiger partial charge in [-0.2, -0.15) is 5.10 Å². The van der Waals surface area contributed by atoms with Gasteiger partial charge >= 0.3 is 0 Å². The minimum Gasteiger partial charge on any atom is -0.380 e. The summed E-state index contributed by atoms with van der Waals surface area (Å²) >= 11 is 0. The van der Waals surface area contributed by atoms with Gasteiger partial charge in [0.15, 0.2) is 0 Å². The zero-order valence-electron chi connectivity index (χ0n) is 16.2. The van der Waals surface area contributed by atoms with Crippen molar-refractivity contribution in [1.29, 1.82) is 0 Å². The monoisotopic (exact) mass is 382 g/mol. The first-order valence-corrected chi connectivity index (χ1v) is 9.85. The van der Waals surface area contributed by atoms with Crippen LogP contribution in [0.15, 0.2) is 42.6 Å². The number of methoxy groups -OCH3 is 1. The molecular formula is C21H26N4O3. The summed E-state index contributed by atoms with van der Waals surface area (Å²) in [5.74, 6) is -0.168. The standard InChI is InChI=1S/C21H26N4O3/c1-28-17-13-19(21(27)23-10-5-6-11-23)25(15-17)20(26)18-9-12-24(22-18)14-16-7-3-2-4-8-16/h2-4,7-9,12,17,19H,5-6,10-11,13-15H2,1H3/t17-,19-/m0/s1. The summed E-state index contributed by atoms with van der Waals surface area (Å²) in [5, 5.41) is 4.45. The molecule has 2 aliphatic heterocycles. The van der Waals surface area contributed by atoms with E-state index in [4.69, 9.17) is 4.74 Å². The highest BCUT2D eigenvalue weighted by Gasteiger charge is 2.42. The van der Waals surface area contributed by atoms with Crippen molar-refractivity contribution in [2.24, 2.45) is 0 Å². The summed E-state index contributed by atoms with van der Waals surface area (Å²) in [5.41, 5.74) is 1.49. The number of carbonyl (C=O) groups excluding carboxylic acids is 2. The number of amides is 2. The number of aromatic nitrogens is 2. The van der Waals surface area contributed by atoms with E-state index in [0.717, 1.165) is 31.5 Å². The van der Waals surface area contributed by atoms with Crippen LogP contribution in [0.2, 0.25) is 0 Å². The third-order valence-corrected chi connectivity index (χ3v) is 5.61. The third kappa shape index (κ3) is 3.80. The van der Waals surface area contributed by atoms with Crippen LogP contribution in [0.4, 0.5) is 0 Å². The summed E-state index contributed by atoms with van der Waals surface area (Å²) in [6.07, 6.45) is 4.30. The Morgan fingerprint density at radius 2 is 1.89 bits per heavy atom. The molecule has 0 spiro atoms. The van der Waals surface area contributed by atoms with Crippen LogP contribution in [-0.2, 0) is 16.1 Å². The number of nitrogens with zero attached hydrogens (tertiary/aromatic N) is 4. The van der Waals surface area contributed by atoms with Gasteiger partial charge in [-0.1, -0.05) is 30.3 Å². The van der Waals surface area contributed by atoms with Crippen molar-refractivity contribution in [3.05, 3.63) is 53.9 Å². The molecule has 2 fully saturated rings. The highest BCUT2D eigenvalue weighted by molar-refractivity contribution is 5.96. The van der Waals surface area contributed by atoms with Crippen LogP contribution < -0.4 is 0 Å². The van der Waals surface area contributed by atoms with Gasteiger partial charge in [-0.15, -0.1) is 0 Å². The van der Waals surface area contributed by atoms with Gasteiger partial charge in [0.2, 0.25) is 5.91 Å². The molecule has 0 aliphatic carbocycles. The van der Waals surface area contributed by atoms with Crippen LogP contribution >= 0.6 is 0 Å². The number of benzene rings is 1. The largest absolute Gasteiger partial charge is 0.380 e. The Bertz CT molecular complexity index is 829. The Balaban J connectivity index is 1.49. The Morgan fingerprint density at radius 1 is 1.14 bits per heavy atom. The maximum absolute atomic E-state index is 13.1. The molecule has 0 saturated carbocycles. The van der Waals surface area contributed by atoms with Gasteiger partial charge in [0, 0.05) is 39.4 Å². The van der Waals surface area contributed by atoms with Crippen LogP contribution in [0.5, 0.6) is 0 Å². The van der Waals surface area contributed by atoms with Gasteiger partial charge in [-0.25, -0.2) is 0 Å². The fourth-order valence-electron chi connectivity index (χ4n) is 4.06. The fraction of sp³-hybridized carbons (Fsp3) is 0.476. The van der Waals surface area contributed by atoms with E-state index in [9.17, 15) is 9.59 Å². The molecule has 7 heteroatoms. The molecule has 1 aromatic heterocycles. The van der Waals surface area contributed by atoms with Crippen LogP contribution in [0, 0.1) is 0 Å². The number of likely N-dealkylation sites (tertiary alicyclic amines) is 2. The number of hydrogen-bond acceptors (Lipinski definition) is 4. The lowest BCUT2D eigenvalue weighted by Gasteiger charge is -2.26. The van der Waals surface area contributed by atoms with E-state index >= 15 is 0 Å². The zero-order chi connectivity index (χ0) is 19.5. The first-order valence-electron chi connectivity index (χ1n) is 9.85. The van der Waals surface area contributed by atoms with Crippen molar-refractivity contribution >= 4 is 11.8 Å². The highest BCUT2D eigenvalue weighted by atomic mass is 16.5. The molecule has 3 heterocycles. The molecule has 0 bridgehead atoms. The first-order chi connectivity index (χ1) is 13.7. The third-order valence-electron chi connectivity index (χ3n) is 5.61. The predicted molar refractivity (Wildman–Crippen MR) is 104 cm³/mol. The van der Waals surface area contributed by atoms with E-state index in [-0.39, 0.29) is 17.9 Å². The molecule has 2 aliphatic rings. The van der Waals surface area contributed by atoms with E-state index in [0.29, 0.717) is 25.2 Å². The molecule has 28 heavy (non-hydrogen) atoms. The predicted octanol–water partition coefficient (Wildman–Crippen LogP) is 1.78. The van der Waals surface area contributed by atoms with E-state index < -0.39 is 6.04 Å². The second kappa shape index (κ2) is 8.14. The van der Waals surface area contributed by atoms with E-state index in [2.05, 4.69) is 5.10 Å². The van der Waals surface area contributed by atoms with E-state index in [1.807, 2.05) is 35.2 Å². The molecular weight excluding hydrogens is 356 g/mol. The number of carbonyl (C=O) groups is 2. The quantitative estimate of drug-likeness (QED) is 0.791. The maximum Gasteiger partial charge on any atom is 0.275 e. The molecule has 2 atom stereocenters. The van der Waals surface area contributed by atoms with E-state index in [1.165, 1.54) is 0 Å². The molecule has 2 aromatic rings. The zero-order valence-corrected chi connectivity index (χ0v) is 16.2. The Labute approximate surface area is 164 Å². The molecule has 2 amide bonds. The molecule has 0 N–H and O–H groups in total. The number of rotatable bonds is 5. The van der Waals surface area contributed by atoms with Gasteiger partial charge in [-0.3, -0.25) is 14.3 Å². The maximum atomic E-state index is 13.1. The summed E-state index contributed by atoms with van der Waals surface area (Å²) in [6, 6.07) is 11.2. The van der Waals surface area contributed by atoms with Crippen molar-refractivity contribution in [3.8, 4) is 0 Å². The molecule has 4 rings (SSSR count). The van der Waals surface area contributed by atoms with Crippen LogP contribution in [0.25, 0.3) is 0 Å². The summed E-state index contributed by atoms with van der Waals surface area (Å²) in [4.78, 5) is 29.6. The van der Waals surface area contributed by atoms with Gasteiger partial charge < -0.3 is 14.5 Å². The summed E-state index contributed by atoms with van der Waals surface area (Å²) in [7, 11) is 1.63. The molecule has 0 unspecified atom stereocenters. The lowest BCUT2D eigenvalue weighted by molar-refractivity contribution is -0.134. The van der Waals surface area contributed by atoms with Crippen molar-refractivity contribution in [3.63, 3.8) is 0 Å². The molecule has 7 nitrogen and oxygen atoms in total. The van der Waals surface area contributed by atoms with Crippen LogP contribution in [-0.4, -0.2) is 70.3 Å². The number of hydrogen-bond donors (Lipinski definition) is 0. The van der Waals surface area contributed by atoms with Gasteiger partial charge in [0.1, 0.15) is 11.7 Å². The second-order valence-electron chi connectivity index (χ2n) is 7.48. The molecule has 2 saturated heterocycles.